The van der Waals surface area contributed by atoms with E-state index in [1.807, 2.05) is 31.7 Å². The Morgan fingerprint density at radius 2 is 2.04 bits per heavy atom. The predicted octanol–water partition coefficient (Wildman–Crippen LogP) is 2.84. The number of hydrogen-bond donors (Lipinski definition) is 0. The van der Waals surface area contributed by atoms with Crippen molar-refractivity contribution in [3.05, 3.63) is 55.0 Å². The van der Waals surface area contributed by atoms with Crippen LogP contribution in [0.25, 0.3) is 11.3 Å². The van der Waals surface area contributed by atoms with Crippen molar-refractivity contribution in [3.63, 3.8) is 0 Å². The summed E-state index contributed by atoms with van der Waals surface area (Å²) in [5, 5.41) is 4.22. The Balaban J connectivity index is 1.42. The van der Waals surface area contributed by atoms with Crippen LogP contribution in [0.3, 0.4) is 0 Å². The first-order valence-corrected chi connectivity index (χ1v) is 9.02. The quantitative estimate of drug-likeness (QED) is 0.710. The van der Waals surface area contributed by atoms with Gasteiger partial charge in [-0.05, 0) is 30.5 Å². The molecule has 0 aliphatic carbocycles. The zero-order valence-electron chi connectivity index (χ0n) is 15.3. The van der Waals surface area contributed by atoms with Crippen molar-refractivity contribution >= 4 is 11.6 Å². The molecule has 2 aromatic heterocycles. The lowest BCUT2D eigenvalue weighted by atomic mass is 10.1. The molecule has 1 aliphatic heterocycles. The van der Waals surface area contributed by atoms with E-state index >= 15 is 0 Å². The summed E-state index contributed by atoms with van der Waals surface area (Å²) in [6, 6.07) is 12.6. The first kappa shape index (κ1) is 16.6. The van der Waals surface area contributed by atoms with Gasteiger partial charge in [0, 0.05) is 57.4 Å². The topological polar surface area (TPSA) is 50.1 Å². The molecule has 1 saturated heterocycles. The maximum atomic E-state index is 4.72. The largest absolute Gasteiger partial charge is 0.371 e. The van der Waals surface area contributed by atoms with Gasteiger partial charge in [-0.2, -0.15) is 5.10 Å². The number of nitrogens with zero attached hydrogens (tertiary/aromatic N) is 6. The summed E-state index contributed by atoms with van der Waals surface area (Å²) in [5.74, 6) is 1.38. The first-order valence-electron chi connectivity index (χ1n) is 9.02. The van der Waals surface area contributed by atoms with Crippen LogP contribution >= 0.6 is 0 Å². The molecule has 0 radical (unpaired) electrons. The third-order valence-electron chi connectivity index (χ3n) is 4.92. The van der Waals surface area contributed by atoms with E-state index < -0.39 is 0 Å². The summed E-state index contributed by atoms with van der Waals surface area (Å²) in [7, 11) is 3.99. The minimum atomic E-state index is 0.617. The molecule has 1 aromatic carbocycles. The number of aromatic nitrogens is 4. The maximum absolute atomic E-state index is 4.72. The summed E-state index contributed by atoms with van der Waals surface area (Å²) in [6.45, 7) is 3.15. The van der Waals surface area contributed by atoms with Crippen molar-refractivity contribution in [1.29, 1.82) is 0 Å². The van der Waals surface area contributed by atoms with E-state index in [0.29, 0.717) is 5.92 Å². The Morgan fingerprint density at radius 3 is 2.81 bits per heavy atom. The third-order valence-corrected chi connectivity index (χ3v) is 4.92. The van der Waals surface area contributed by atoms with Crippen LogP contribution in [0, 0.1) is 5.92 Å². The number of benzene rings is 1. The van der Waals surface area contributed by atoms with Crippen LogP contribution < -0.4 is 9.80 Å². The molecule has 134 valence electrons. The van der Waals surface area contributed by atoms with Crippen LogP contribution in [0.1, 0.15) is 6.42 Å². The second-order valence-corrected chi connectivity index (χ2v) is 6.96. The van der Waals surface area contributed by atoms with E-state index in [1.54, 1.807) is 4.68 Å². The number of rotatable bonds is 5. The van der Waals surface area contributed by atoms with Gasteiger partial charge in [-0.25, -0.2) is 9.97 Å². The lowest BCUT2D eigenvalue weighted by Gasteiger charge is -2.22. The van der Waals surface area contributed by atoms with E-state index in [0.717, 1.165) is 36.8 Å². The summed E-state index contributed by atoms with van der Waals surface area (Å²) in [4.78, 5) is 13.8. The van der Waals surface area contributed by atoms with E-state index in [4.69, 9.17) is 4.98 Å². The molecule has 26 heavy (non-hydrogen) atoms. The predicted molar refractivity (Wildman–Crippen MR) is 104 cm³/mol. The fourth-order valence-corrected chi connectivity index (χ4v) is 3.57. The fourth-order valence-electron chi connectivity index (χ4n) is 3.57. The first-order chi connectivity index (χ1) is 12.7. The molecule has 0 N–H and O–H groups in total. The Hall–Kier alpha value is -2.89. The van der Waals surface area contributed by atoms with Gasteiger partial charge in [-0.3, -0.25) is 4.68 Å². The average Bonchev–Trinajstić information content (AvgIpc) is 3.32. The smallest absolute Gasteiger partial charge is 0.225 e. The Kier molecular flexibility index (Phi) is 4.56. The summed E-state index contributed by atoms with van der Waals surface area (Å²) in [5.41, 5.74) is 3.24. The molecule has 1 fully saturated rings. The molecule has 0 bridgehead atoms. The van der Waals surface area contributed by atoms with E-state index in [2.05, 4.69) is 57.3 Å². The number of hydrogen-bond acceptors (Lipinski definition) is 5. The maximum Gasteiger partial charge on any atom is 0.225 e. The molecule has 3 aromatic rings. The fraction of sp³-hybridized carbons (Fsp3) is 0.350. The van der Waals surface area contributed by atoms with Gasteiger partial charge in [-0.1, -0.05) is 18.2 Å². The molecule has 1 aliphatic rings. The zero-order valence-corrected chi connectivity index (χ0v) is 15.3. The summed E-state index contributed by atoms with van der Waals surface area (Å²) < 4.78 is 1.79. The SMILES string of the molecule is CN(C[C@@H]1CCN(c2ccccc2)C1)c1nccc(-c2cnn(C)c2)n1. The van der Waals surface area contributed by atoms with Crippen molar-refractivity contribution in [3.8, 4) is 11.3 Å². The van der Waals surface area contributed by atoms with Gasteiger partial charge in [0.05, 0.1) is 11.9 Å². The highest BCUT2D eigenvalue weighted by molar-refractivity contribution is 5.58. The van der Waals surface area contributed by atoms with E-state index in [1.165, 1.54) is 12.1 Å². The van der Waals surface area contributed by atoms with Crippen molar-refractivity contribution in [1.82, 2.24) is 19.7 Å². The summed E-state index contributed by atoms with van der Waals surface area (Å²) in [6.07, 6.45) is 6.83. The van der Waals surface area contributed by atoms with Crippen LogP contribution in [0.2, 0.25) is 0 Å². The van der Waals surface area contributed by atoms with Gasteiger partial charge < -0.3 is 9.80 Å². The van der Waals surface area contributed by atoms with Crippen molar-refractivity contribution < 1.29 is 0 Å². The molecule has 4 rings (SSSR count). The molecular formula is C20H24N6. The minimum absolute atomic E-state index is 0.617. The Bertz CT molecular complexity index is 860. The lowest BCUT2D eigenvalue weighted by Crippen LogP contribution is -2.29. The summed E-state index contributed by atoms with van der Waals surface area (Å²) >= 11 is 0. The number of para-hydroxylation sites is 1. The lowest BCUT2D eigenvalue weighted by molar-refractivity contribution is 0.578. The Labute approximate surface area is 154 Å². The van der Waals surface area contributed by atoms with Gasteiger partial charge >= 0.3 is 0 Å². The zero-order chi connectivity index (χ0) is 17.9. The highest BCUT2D eigenvalue weighted by atomic mass is 15.3. The van der Waals surface area contributed by atoms with Crippen molar-refractivity contribution in [2.45, 2.75) is 6.42 Å². The second-order valence-electron chi connectivity index (χ2n) is 6.96. The highest BCUT2D eigenvalue weighted by Crippen LogP contribution is 2.25. The number of anilines is 2. The van der Waals surface area contributed by atoms with Crippen LogP contribution in [-0.4, -0.2) is 46.4 Å². The second kappa shape index (κ2) is 7.15. The molecule has 0 unspecified atom stereocenters. The minimum Gasteiger partial charge on any atom is -0.371 e. The molecular weight excluding hydrogens is 324 g/mol. The van der Waals surface area contributed by atoms with Crippen LogP contribution in [0.4, 0.5) is 11.6 Å². The molecule has 0 saturated carbocycles. The van der Waals surface area contributed by atoms with Gasteiger partial charge in [0.15, 0.2) is 0 Å². The highest BCUT2D eigenvalue weighted by Gasteiger charge is 2.24. The van der Waals surface area contributed by atoms with Crippen LogP contribution in [0.15, 0.2) is 55.0 Å². The molecule has 0 amide bonds. The van der Waals surface area contributed by atoms with Crippen LogP contribution in [0.5, 0.6) is 0 Å². The standard InChI is InChI=1S/C20H24N6/c1-24(13-16-9-11-26(14-16)18-6-4-3-5-7-18)20-21-10-8-19(23-20)17-12-22-25(2)15-17/h3-8,10,12,15-16H,9,11,13-14H2,1-2H3/t16-/m0/s1. The average molecular weight is 348 g/mol. The normalized spacial score (nSPS) is 16.8. The molecule has 6 heteroatoms. The Morgan fingerprint density at radius 1 is 1.19 bits per heavy atom. The molecule has 1 atom stereocenters. The number of aryl methyl sites for hydroxylation is 1. The van der Waals surface area contributed by atoms with Gasteiger partial charge in [0.1, 0.15) is 0 Å². The van der Waals surface area contributed by atoms with E-state index in [-0.39, 0.29) is 0 Å². The van der Waals surface area contributed by atoms with Crippen molar-refractivity contribution in [2.24, 2.45) is 13.0 Å². The van der Waals surface area contributed by atoms with Gasteiger partial charge in [0.25, 0.3) is 0 Å². The molecule has 3 heterocycles. The van der Waals surface area contributed by atoms with Gasteiger partial charge in [-0.15, -0.1) is 0 Å². The third kappa shape index (κ3) is 3.54. The van der Waals surface area contributed by atoms with Crippen LogP contribution in [-0.2, 0) is 7.05 Å². The monoisotopic (exact) mass is 348 g/mol. The van der Waals surface area contributed by atoms with Crippen molar-refractivity contribution in [2.75, 3.05) is 36.5 Å². The molecule has 6 nitrogen and oxygen atoms in total. The van der Waals surface area contributed by atoms with Gasteiger partial charge in [0.2, 0.25) is 5.95 Å². The van der Waals surface area contributed by atoms with E-state index in [9.17, 15) is 0 Å². The molecule has 0 spiro atoms.